The van der Waals surface area contributed by atoms with E-state index in [1.807, 2.05) is 0 Å². The molecule has 0 saturated heterocycles. The van der Waals surface area contributed by atoms with Crippen molar-refractivity contribution in [1.29, 1.82) is 0 Å². The largest absolute Gasteiger partial charge is 0.348 e. The summed E-state index contributed by atoms with van der Waals surface area (Å²) in [5, 5.41) is 2.86. The average molecular weight is 265 g/mol. The summed E-state index contributed by atoms with van der Waals surface area (Å²) in [6.07, 6.45) is 3.65. The molecule has 0 aromatic carbocycles. The summed E-state index contributed by atoms with van der Waals surface area (Å²) in [4.78, 5) is 15.5. The number of halogens is 1. The van der Waals surface area contributed by atoms with Crippen molar-refractivity contribution in [1.82, 2.24) is 10.3 Å². The second-order valence-electron chi connectivity index (χ2n) is 3.56. The molecule has 0 saturated carbocycles. The van der Waals surface area contributed by atoms with E-state index in [4.69, 9.17) is 7.85 Å². The zero-order valence-corrected chi connectivity index (χ0v) is 9.75. The van der Waals surface area contributed by atoms with Crippen molar-refractivity contribution in [3.8, 4) is 0 Å². The summed E-state index contributed by atoms with van der Waals surface area (Å²) in [6, 6.07) is 2.08. The van der Waals surface area contributed by atoms with E-state index >= 15 is 0 Å². The quantitative estimate of drug-likeness (QED) is 0.824. The normalized spacial score (nSPS) is 18.6. The summed E-state index contributed by atoms with van der Waals surface area (Å²) >= 11 is 3.38. The van der Waals surface area contributed by atoms with Crippen molar-refractivity contribution in [2.45, 2.75) is 25.2 Å². The van der Waals surface area contributed by atoms with E-state index in [0.717, 1.165) is 23.0 Å². The van der Waals surface area contributed by atoms with Crippen LogP contribution >= 0.6 is 15.9 Å². The van der Waals surface area contributed by atoms with Crippen LogP contribution in [0.25, 0.3) is 0 Å². The lowest BCUT2D eigenvalue weighted by Gasteiger charge is -2.12. The van der Waals surface area contributed by atoms with Gasteiger partial charge in [-0.3, -0.25) is 9.78 Å². The number of rotatable bonds is 2. The molecular weight excluding hydrogens is 255 g/mol. The molecule has 0 aliphatic heterocycles. The molecule has 1 aromatic rings. The number of nitrogens with one attached hydrogen (secondary N) is 1. The van der Waals surface area contributed by atoms with Gasteiger partial charge < -0.3 is 5.32 Å². The molecule has 1 aromatic heterocycles. The molecule has 1 heterocycles. The van der Waals surface area contributed by atoms with Crippen LogP contribution in [-0.4, -0.2) is 18.7 Å². The van der Waals surface area contributed by atoms with Crippen LogP contribution in [0.3, 0.4) is 0 Å². The molecule has 5 heteroatoms. The van der Waals surface area contributed by atoms with Gasteiger partial charge in [0.1, 0.15) is 0 Å². The summed E-state index contributed by atoms with van der Waals surface area (Å²) in [5.74, 6) is -0.127. The molecule has 0 fully saturated rings. The Morgan fingerprint density at radius 3 is 3.27 bits per heavy atom. The predicted octanol–water partition coefficient (Wildman–Crippen LogP) is 1.53. The molecule has 15 heavy (non-hydrogen) atoms. The Morgan fingerprint density at radius 1 is 1.73 bits per heavy atom. The van der Waals surface area contributed by atoms with Crippen molar-refractivity contribution in [2.75, 3.05) is 0 Å². The number of fused-ring (bicyclic) bond motifs is 1. The Kier molecular flexibility index (Phi) is 3.10. The lowest BCUT2D eigenvalue weighted by Crippen LogP contribution is -2.26. The number of carbonyl (C=O) groups excluding carboxylic acids is 1. The molecule has 3 nitrogen and oxygen atoms in total. The Morgan fingerprint density at radius 2 is 2.53 bits per heavy atom. The van der Waals surface area contributed by atoms with Gasteiger partial charge in [-0.1, -0.05) is 0 Å². The van der Waals surface area contributed by atoms with Crippen LogP contribution in [0.2, 0.25) is 6.32 Å². The van der Waals surface area contributed by atoms with E-state index < -0.39 is 0 Å². The summed E-state index contributed by atoms with van der Waals surface area (Å²) < 4.78 is 0.979. The number of nitrogens with zero attached hydrogens (tertiary/aromatic N) is 1. The van der Waals surface area contributed by atoms with Gasteiger partial charge in [-0.25, -0.2) is 0 Å². The maximum absolute atomic E-state index is 11.2. The number of aromatic nitrogens is 1. The highest BCUT2D eigenvalue weighted by atomic mass is 79.9. The van der Waals surface area contributed by atoms with Gasteiger partial charge in [0.15, 0.2) is 0 Å². The van der Waals surface area contributed by atoms with Crippen molar-refractivity contribution in [3.05, 3.63) is 28.0 Å². The highest BCUT2D eigenvalue weighted by Gasteiger charge is 2.24. The van der Waals surface area contributed by atoms with E-state index in [2.05, 4.69) is 32.3 Å². The molecule has 2 rings (SSSR count). The van der Waals surface area contributed by atoms with Gasteiger partial charge in [0.05, 0.1) is 19.6 Å². The highest BCUT2D eigenvalue weighted by Crippen LogP contribution is 2.30. The van der Waals surface area contributed by atoms with Crippen LogP contribution in [-0.2, 0) is 11.2 Å². The molecule has 1 atom stereocenters. The smallest absolute Gasteiger partial charge is 0.211 e. The Hall–Kier alpha value is -0.835. The van der Waals surface area contributed by atoms with Gasteiger partial charge in [-0.15, -0.1) is 0 Å². The standard InChI is InChI=1S/C10H10BBrN2O/c11-4-9(15)14-8-2-1-6-3-7(12)5-13-10(6)8/h3,5,8H,1-2,4H2,(H,14,15). The summed E-state index contributed by atoms with van der Waals surface area (Å²) in [5.41, 5.74) is 2.17. The van der Waals surface area contributed by atoms with Crippen molar-refractivity contribution >= 4 is 29.7 Å². The number of carbonyl (C=O) groups is 1. The van der Waals surface area contributed by atoms with Gasteiger partial charge in [0.25, 0.3) is 0 Å². The molecule has 1 amide bonds. The van der Waals surface area contributed by atoms with Crippen LogP contribution < -0.4 is 5.32 Å². The van der Waals surface area contributed by atoms with Crippen molar-refractivity contribution in [3.63, 3.8) is 0 Å². The van der Waals surface area contributed by atoms with Gasteiger partial charge >= 0.3 is 0 Å². The van der Waals surface area contributed by atoms with E-state index in [1.165, 1.54) is 5.56 Å². The fourth-order valence-corrected chi connectivity index (χ4v) is 2.21. The second kappa shape index (κ2) is 4.35. The highest BCUT2D eigenvalue weighted by molar-refractivity contribution is 9.10. The third-order valence-corrected chi connectivity index (χ3v) is 2.95. The maximum Gasteiger partial charge on any atom is 0.211 e. The fourth-order valence-electron chi connectivity index (χ4n) is 1.84. The van der Waals surface area contributed by atoms with E-state index in [1.54, 1.807) is 6.20 Å². The lowest BCUT2D eigenvalue weighted by atomic mass is 10.0. The summed E-state index contributed by atoms with van der Waals surface area (Å²) in [7, 11) is 5.25. The minimum atomic E-state index is -0.127. The monoisotopic (exact) mass is 264 g/mol. The van der Waals surface area contributed by atoms with E-state index in [9.17, 15) is 4.79 Å². The Bertz CT molecular complexity index is 397. The molecule has 1 aliphatic carbocycles. The third kappa shape index (κ3) is 2.22. The van der Waals surface area contributed by atoms with Crippen molar-refractivity contribution in [2.24, 2.45) is 0 Å². The van der Waals surface area contributed by atoms with Crippen molar-refractivity contribution < 1.29 is 4.79 Å². The fraction of sp³-hybridized carbons (Fsp3) is 0.400. The van der Waals surface area contributed by atoms with E-state index in [0.29, 0.717) is 0 Å². The topological polar surface area (TPSA) is 42.0 Å². The van der Waals surface area contributed by atoms with Gasteiger partial charge in [0.2, 0.25) is 5.91 Å². The molecule has 1 N–H and O–H groups in total. The first-order chi connectivity index (χ1) is 7.20. The minimum absolute atomic E-state index is 0.0301. The SMILES string of the molecule is [B]CC(=O)NC1CCc2cc(Br)cnc21. The van der Waals surface area contributed by atoms with E-state index in [-0.39, 0.29) is 18.3 Å². The molecule has 1 aliphatic rings. The molecule has 76 valence electrons. The minimum Gasteiger partial charge on any atom is -0.348 e. The zero-order valence-electron chi connectivity index (χ0n) is 8.16. The van der Waals surface area contributed by atoms with Crippen LogP contribution in [0, 0.1) is 0 Å². The Labute approximate surface area is 98.2 Å². The predicted molar refractivity (Wildman–Crippen MR) is 61.7 cm³/mol. The van der Waals surface area contributed by atoms with Gasteiger partial charge in [-0.2, -0.15) is 0 Å². The van der Waals surface area contributed by atoms with Crippen LogP contribution in [0.5, 0.6) is 0 Å². The van der Waals surface area contributed by atoms with Gasteiger partial charge in [-0.05, 0) is 46.7 Å². The molecule has 2 radical (unpaired) electrons. The number of hydrogen-bond donors (Lipinski definition) is 1. The number of hydrogen-bond acceptors (Lipinski definition) is 2. The summed E-state index contributed by atoms with van der Waals surface area (Å²) in [6.45, 7) is 0. The second-order valence-corrected chi connectivity index (χ2v) is 4.48. The van der Waals surface area contributed by atoms with Gasteiger partial charge in [0, 0.05) is 10.7 Å². The first-order valence-electron chi connectivity index (χ1n) is 4.84. The van der Waals surface area contributed by atoms with Crippen LogP contribution in [0.1, 0.15) is 23.7 Å². The van der Waals surface area contributed by atoms with Crippen LogP contribution in [0.4, 0.5) is 0 Å². The number of pyridine rings is 1. The molecule has 0 spiro atoms. The van der Waals surface area contributed by atoms with Crippen LogP contribution in [0.15, 0.2) is 16.7 Å². The first kappa shape index (κ1) is 10.7. The lowest BCUT2D eigenvalue weighted by molar-refractivity contribution is -0.119. The third-order valence-electron chi connectivity index (χ3n) is 2.52. The molecule has 0 bridgehead atoms. The molecular formula is C10H10BBrN2O. The molecule has 1 unspecified atom stereocenters. The first-order valence-corrected chi connectivity index (χ1v) is 5.63. The zero-order chi connectivity index (χ0) is 10.8. The maximum atomic E-state index is 11.2. The Balaban J connectivity index is 2.18. The number of amides is 1. The number of aryl methyl sites for hydroxylation is 1. The average Bonchev–Trinajstić information content (AvgIpc) is 2.60.